The number of esters is 2. The SMILES string of the molecule is COC(=O)c1cccc(-c2cc(F)c(OCCOC(C)=O)cc2C)c1C. The molecule has 0 radical (unpaired) electrons. The van der Waals surface area contributed by atoms with Crippen LogP contribution in [0.2, 0.25) is 0 Å². The molecule has 26 heavy (non-hydrogen) atoms. The van der Waals surface area contributed by atoms with Crippen LogP contribution in [0.3, 0.4) is 0 Å². The third kappa shape index (κ3) is 4.39. The molecule has 0 spiro atoms. The third-order valence-electron chi connectivity index (χ3n) is 3.95. The molecule has 2 aromatic carbocycles. The van der Waals surface area contributed by atoms with E-state index >= 15 is 0 Å². The second kappa shape index (κ2) is 8.47. The van der Waals surface area contributed by atoms with Crippen molar-refractivity contribution in [1.82, 2.24) is 0 Å². The summed E-state index contributed by atoms with van der Waals surface area (Å²) in [6.07, 6.45) is 0. The van der Waals surface area contributed by atoms with Crippen LogP contribution in [0.25, 0.3) is 11.1 Å². The zero-order chi connectivity index (χ0) is 19.3. The van der Waals surface area contributed by atoms with E-state index in [4.69, 9.17) is 14.2 Å². The van der Waals surface area contributed by atoms with E-state index in [1.807, 2.05) is 13.0 Å². The number of ether oxygens (including phenoxy) is 3. The van der Waals surface area contributed by atoms with Gasteiger partial charge in [0.05, 0.1) is 12.7 Å². The van der Waals surface area contributed by atoms with Gasteiger partial charge >= 0.3 is 11.9 Å². The van der Waals surface area contributed by atoms with E-state index in [0.717, 1.165) is 11.1 Å². The Labute approximate surface area is 151 Å². The lowest BCUT2D eigenvalue weighted by Gasteiger charge is -2.15. The Balaban J connectivity index is 2.30. The van der Waals surface area contributed by atoms with E-state index in [9.17, 15) is 14.0 Å². The minimum atomic E-state index is -0.531. The first-order valence-electron chi connectivity index (χ1n) is 8.09. The predicted molar refractivity (Wildman–Crippen MR) is 94.8 cm³/mol. The highest BCUT2D eigenvalue weighted by Gasteiger charge is 2.16. The lowest BCUT2D eigenvalue weighted by atomic mass is 9.93. The number of halogens is 1. The van der Waals surface area contributed by atoms with Gasteiger partial charge in [-0.2, -0.15) is 0 Å². The first-order chi connectivity index (χ1) is 12.3. The average Bonchev–Trinajstić information content (AvgIpc) is 2.60. The van der Waals surface area contributed by atoms with Gasteiger partial charge in [0.2, 0.25) is 0 Å². The predicted octanol–water partition coefficient (Wildman–Crippen LogP) is 3.84. The summed E-state index contributed by atoms with van der Waals surface area (Å²) in [7, 11) is 1.32. The lowest BCUT2D eigenvalue weighted by molar-refractivity contribution is -0.141. The van der Waals surface area contributed by atoms with Gasteiger partial charge in [-0.1, -0.05) is 12.1 Å². The maximum absolute atomic E-state index is 14.4. The fraction of sp³-hybridized carbons (Fsp3) is 0.300. The number of hydrogen-bond donors (Lipinski definition) is 0. The van der Waals surface area contributed by atoms with Crippen molar-refractivity contribution in [3.63, 3.8) is 0 Å². The maximum atomic E-state index is 14.4. The topological polar surface area (TPSA) is 61.8 Å². The van der Waals surface area contributed by atoms with Gasteiger partial charge in [-0.15, -0.1) is 0 Å². The molecule has 0 aromatic heterocycles. The Morgan fingerprint density at radius 2 is 1.81 bits per heavy atom. The van der Waals surface area contributed by atoms with Gasteiger partial charge < -0.3 is 14.2 Å². The van der Waals surface area contributed by atoms with Gasteiger partial charge in [0, 0.05) is 6.92 Å². The number of hydrogen-bond acceptors (Lipinski definition) is 5. The van der Waals surface area contributed by atoms with Gasteiger partial charge in [0.15, 0.2) is 11.6 Å². The van der Waals surface area contributed by atoms with Gasteiger partial charge in [-0.05, 0) is 54.3 Å². The fourth-order valence-corrected chi connectivity index (χ4v) is 2.65. The summed E-state index contributed by atoms with van der Waals surface area (Å²) in [6, 6.07) is 8.19. The smallest absolute Gasteiger partial charge is 0.338 e. The van der Waals surface area contributed by atoms with Crippen molar-refractivity contribution in [3.05, 3.63) is 52.8 Å². The molecular weight excluding hydrogens is 339 g/mol. The highest BCUT2D eigenvalue weighted by molar-refractivity contribution is 5.93. The van der Waals surface area contributed by atoms with E-state index < -0.39 is 17.8 Å². The second-order valence-corrected chi connectivity index (χ2v) is 5.76. The van der Waals surface area contributed by atoms with Crippen molar-refractivity contribution in [1.29, 1.82) is 0 Å². The molecule has 0 amide bonds. The molecule has 0 saturated heterocycles. The summed E-state index contributed by atoms with van der Waals surface area (Å²) in [4.78, 5) is 22.6. The van der Waals surface area contributed by atoms with Crippen LogP contribution in [-0.4, -0.2) is 32.3 Å². The van der Waals surface area contributed by atoms with Crippen molar-refractivity contribution in [2.24, 2.45) is 0 Å². The molecule has 0 fully saturated rings. The van der Waals surface area contributed by atoms with Crippen LogP contribution in [0.1, 0.15) is 28.4 Å². The van der Waals surface area contributed by atoms with Crippen LogP contribution in [0.4, 0.5) is 4.39 Å². The molecular formula is C20H21FO5. The molecule has 0 aliphatic heterocycles. The highest BCUT2D eigenvalue weighted by atomic mass is 19.1. The van der Waals surface area contributed by atoms with Crippen LogP contribution in [0, 0.1) is 19.7 Å². The normalized spacial score (nSPS) is 10.3. The molecule has 0 N–H and O–H groups in total. The standard InChI is InChI=1S/C20H21FO5/c1-12-10-19(26-9-8-25-14(3)22)18(21)11-17(12)15-6-5-7-16(13(15)2)20(23)24-4/h5-7,10-11H,8-9H2,1-4H3. The Bertz CT molecular complexity index is 829. The average molecular weight is 360 g/mol. The molecule has 138 valence electrons. The van der Waals surface area contributed by atoms with Crippen LogP contribution in [0.15, 0.2) is 30.3 Å². The molecule has 6 heteroatoms. The molecule has 0 unspecified atom stereocenters. The minimum Gasteiger partial charge on any atom is -0.487 e. The van der Waals surface area contributed by atoms with E-state index in [1.54, 1.807) is 25.1 Å². The third-order valence-corrected chi connectivity index (χ3v) is 3.95. The van der Waals surface area contributed by atoms with Crippen LogP contribution in [0.5, 0.6) is 5.75 Å². The van der Waals surface area contributed by atoms with E-state index in [0.29, 0.717) is 16.7 Å². The Kier molecular flexibility index (Phi) is 6.33. The zero-order valence-electron chi connectivity index (χ0n) is 15.2. The summed E-state index contributed by atoms with van der Waals surface area (Å²) in [5.41, 5.74) is 3.35. The first-order valence-corrected chi connectivity index (χ1v) is 8.09. The number of rotatable bonds is 6. The fourth-order valence-electron chi connectivity index (χ4n) is 2.65. The van der Waals surface area contributed by atoms with Crippen molar-refractivity contribution in [2.75, 3.05) is 20.3 Å². The van der Waals surface area contributed by atoms with Crippen molar-refractivity contribution in [2.45, 2.75) is 20.8 Å². The monoisotopic (exact) mass is 360 g/mol. The van der Waals surface area contributed by atoms with E-state index in [2.05, 4.69) is 0 Å². The molecule has 2 rings (SSSR count). The largest absolute Gasteiger partial charge is 0.487 e. The summed E-state index contributed by atoms with van der Waals surface area (Å²) in [5, 5.41) is 0. The van der Waals surface area contributed by atoms with E-state index in [1.165, 1.54) is 20.1 Å². The number of methoxy groups -OCH3 is 1. The maximum Gasteiger partial charge on any atom is 0.338 e. The number of carbonyl (C=O) groups excluding carboxylic acids is 2. The zero-order valence-corrected chi connectivity index (χ0v) is 15.2. The van der Waals surface area contributed by atoms with Gasteiger partial charge in [-0.3, -0.25) is 4.79 Å². The molecule has 2 aromatic rings. The number of carbonyl (C=O) groups is 2. The molecule has 0 aliphatic rings. The lowest BCUT2D eigenvalue weighted by Crippen LogP contribution is -2.10. The molecule has 0 heterocycles. The van der Waals surface area contributed by atoms with Crippen molar-refractivity contribution >= 4 is 11.9 Å². The van der Waals surface area contributed by atoms with Crippen LogP contribution >= 0.6 is 0 Å². The quantitative estimate of drug-likeness (QED) is 0.579. The summed E-state index contributed by atoms with van der Waals surface area (Å²) in [6.45, 7) is 5.03. The van der Waals surface area contributed by atoms with Crippen LogP contribution in [-0.2, 0) is 14.3 Å². The minimum absolute atomic E-state index is 0.0514. The Morgan fingerprint density at radius 3 is 2.46 bits per heavy atom. The summed E-state index contributed by atoms with van der Waals surface area (Å²) < 4.78 is 29.3. The number of aryl methyl sites for hydroxylation is 1. The molecule has 5 nitrogen and oxygen atoms in total. The van der Waals surface area contributed by atoms with Crippen molar-refractivity contribution in [3.8, 4) is 16.9 Å². The number of benzene rings is 2. The Hall–Kier alpha value is -2.89. The highest BCUT2D eigenvalue weighted by Crippen LogP contribution is 2.33. The molecule has 0 bridgehead atoms. The van der Waals surface area contributed by atoms with Gasteiger partial charge in [0.25, 0.3) is 0 Å². The molecule has 0 saturated carbocycles. The Morgan fingerprint density at radius 1 is 1.08 bits per heavy atom. The van der Waals surface area contributed by atoms with Gasteiger partial charge in [0.1, 0.15) is 13.2 Å². The molecule has 0 aliphatic carbocycles. The molecule has 0 atom stereocenters. The van der Waals surface area contributed by atoms with Crippen molar-refractivity contribution < 1.29 is 28.2 Å². The van der Waals surface area contributed by atoms with Gasteiger partial charge in [-0.25, -0.2) is 9.18 Å². The van der Waals surface area contributed by atoms with Crippen LogP contribution < -0.4 is 4.74 Å². The first kappa shape index (κ1) is 19.4. The summed E-state index contributed by atoms with van der Waals surface area (Å²) in [5.74, 6) is -1.30. The van der Waals surface area contributed by atoms with E-state index in [-0.39, 0.29) is 19.0 Å². The second-order valence-electron chi connectivity index (χ2n) is 5.76. The summed E-state index contributed by atoms with van der Waals surface area (Å²) >= 11 is 0.